The van der Waals surface area contributed by atoms with E-state index in [0.717, 1.165) is 75.8 Å². The van der Waals surface area contributed by atoms with Crippen LogP contribution in [0.2, 0.25) is 0 Å². The summed E-state index contributed by atoms with van der Waals surface area (Å²) in [6.45, 7) is 11.5. The minimum Gasteiger partial charge on any atom is -0.353 e. The highest BCUT2D eigenvalue weighted by Crippen LogP contribution is 2.25. The maximum Gasteiger partial charge on any atom is 0.225 e. The quantitative estimate of drug-likeness (QED) is 0.569. The van der Waals surface area contributed by atoms with Crippen LogP contribution in [0.4, 0.5) is 5.13 Å². The highest BCUT2D eigenvalue weighted by molar-refractivity contribution is 7.09. The third-order valence-electron chi connectivity index (χ3n) is 6.12. The molecule has 0 aliphatic carbocycles. The molecule has 0 radical (unpaired) electrons. The first-order valence-corrected chi connectivity index (χ1v) is 12.5. The number of benzene rings is 1. The number of anilines is 1. The number of hydrogen-bond acceptors (Lipinski definition) is 6. The van der Waals surface area contributed by atoms with Crippen LogP contribution in [0, 0.1) is 5.92 Å². The summed E-state index contributed by atoms with van der Waals surface area (Å²) in [4.78, 5) is 22.3. The fourth-order valence-corrected chi connectivity index (χ4v) is 4.90. The number of aromatic nitrogens is 2. The Morgan fingerprint density at radius 2 is 2.06 bits per heavy atom. The van der Waals surface area contributed by atoms with E-state index in [1.54, 1.807) is 0 Å². The van der Waals surface area contributed by atoms with Crippen LogP contribution in [0.25, 0.3) is 0 Å². The van der Waals surface area contributed by atoms with Gasteiger partial charge in [0.05, 0.1) is 5.92 Å². The third kappa shape index (κ3) is 7.28. The average molecular weight is 444 g/mol. The van der Waals surface area contributed by atoms with Gasteiger partial charge in [0.1, 0.15) is 5.82 Å². The van der Waals surface area contributed by atoms with Gasteiger partial charge in [-0.25, -0.2) is 4.98 Å². The SMILES string of the molecule is CCN(CC)CCCC(C)NC(=O)C1CCCN(c2nc(Cc3ccccc3)ns2)C1. The van der Waals surface area contributed by atoms with Crippen molar-refractivity contribution >= 4 is 22.6 Å². The Labute approximate surface area is 191 Å². The number of rotatable bonds is 11. The van der Waals surface area contributed by atoms with Crippen LogP contribution in [0.3, 0.4) is 0 Å². The molecule has 0 spiro atoms. The van der Waals surface area contributed by atoms with E-state index in [1.807, 2.05) is 18.2 Å². The van der Waals surface area contributed by atoms with Gasteiger partial charge in [-0.1, -0.05) is 44.2 Å². The molecule has 1 aliphatic heterocycles. The molecule has 3 rings (SSSR count). The van der Waals surface area contributed by atoms with Crippen molar-refractivity contribution in [3.63, 3.8) is 0 Å². The summed E-state index contributed by atoms with van der Waals surface area (Å²) < 4.78 is 4.55. The van der Waals surface area contributed by atoms with Gasteiger partial charge in [-0.05, 0) is 57.8 Å². The van der Waals surface area contributed by atoms with Crippen LogP contribution in [-0.2, 0) is 11.2 Å². The molecule has 0 saturated carbocycles. The number of carbonyl (C=O) groups is 1. The minimum absolute atomic E-state index is 0.0282. The summed E-state index contributed by atoms with van der Waals surface area (Å²) in [7, 11) is 0. The predicted molar refractivity (Wildman–Crippen MR) is 129 cm³/mol. The van der Waals surface area contributed by atoms with Gasteiger partial charge >= 0.3 is 0 Å². The zero-order valence-corrected chi connectivity index (χ0v) is 20.0. The first-order valence-electron chi connectivity index (χ1n) is 11.7. The molecule has 170 valence electrons. The molecule has 2 heterocycles. The summed E-state index contributed by atoms with van der Waals surface area (Å²) in [5.41, 5.74) is 1.22. The lowest BCUT2D eigenvalue weighted by atomic mass is 9.97. The molecule has 1 N–H and O–H groups in total. The first-order chi connectivity index (χ1) is 15.1. The van der Waals surface area contributed by atoms with Crippen LogP contribution in [-0.4, -0.2) is 58.9 Å². The number of hydrogen-bond donors (Lipinski definition) is 1. The standard InChI is InChI=1S/C24H37N5OS/c1-4-28(5-2)15-9-11-19(3)25-23(30)21-14-10-16-29(18-21)24-26-22(27-31-24)17-20-12-7-6-8-13-20/h6-8,12-13,19,21H,4-5,9-11,14-18H2,1-3H3,(H,25,30). The second-order valence-electron chi connectivity index (χ2n) is 8.52. The molecule has 0 bridgehead atoms. The van der Waals surface area contributed by atoms with Crippen molar-refractivity contribution in [2.24, 2.45) is 5.92 Å². The summed E-state index contributed by atoms with van der Waals surface area (Å²) >= 11 is 1.45. The molecule has 6 nitrogen and oxygen atoms in total. The number of nitrogens with zero attached hydrogens (tertiary/aromatic N) is 4. The summed E-state index contributed by atoms with van der Waals surface area (Å²) in [6.07, 6.45) is 4.86. The maximum atomic E-state index is 12.9. The lowest BCUT2D eigenvalue weighted by molar-refractivity contribution is -0.125. The molecule has 1 aliphatic rings. The van der Waals surface area contributed by atoms with Crippen molar-refractivity contribution in [3.05, 3.63) is 41.7 Å². The molecular weight excluding hydrogens is 406 g/mol. The number of carbonyl (C=O) groups excluding carboxylic acids is 1. The third-order valence-corrected chi connectivity index (χ3v) is 6.93. The zero-order valence-electron chi connectivity index (χ0n) is 19.2. The van der Waals surface area contributed by atoms with Crippen LogP contribution in [0.5, 0.6) is 0 Å². The molecule has 1 aromatic carbocycles. The van der Waals surface area contributed by atoms with Crippen molar-refractivity contribution in [1.29, 1.82) is 0 Å². The van der Waals surface area contributed by atoms with E-state index in [-0.39, 0.29) is 17.9 Å². The topological polar surface area (TPSA) is 61.4 Å². The zero-order chi connectivity index (χ0) is 22.1. The number of piperidine rings is 1. The van der Waals surface area contributed by atoms with Gasteiger partial charge in [0.2, 0.25) is 11.0 Å². The van der Waals surface area contributed by atoms with Crippen molar-refractivity contribution in [3.8, 4) is 0 Å². The van der Waals surface area contributed by atoms with Crippen LogP contribution in [0.15, 0.2) is 30.3 Å². The largest absolute Gasteiger partial charge is 0.353 e. The van der Waals surface area contributed by atoms with E-state index in [9.17, 15) is 4.79 Å². The first kappa shape index (κ1) is 23.7. The molecular formula is C24H37N5OS. The predicted octanol–water partition coefficient (Wildman–Crippen LogP) is 3.97. The molecule has 31 heavy (non-hydrogen) atoms. The van der Waals surface area contributed by atoms with Crippen molar-refractivity contribution in [2.75, 3.05) is 37.6 Å². The highest BCUT2D eigenvalue weighted by Gasteiger charge is 2.28. The van der Waals surface area contributed by atoms with E-state index in [1.165, 1.54) is 17.1 Å². The van der Waals surface area contributed by atoms with Crippen LogP contribution >= 0.6 is 11.5 Å². The lowest BCUT2D eigenvalue weighted by Crippen LogP contribution is -2.45. The van der Waals surface area contributed by atoms with Crippen LogP contribution in [0.1, 0.15) is 57.8 Å². The smallest absolute Gasteiger partial charge is 0.225 e. The Morgan fingerprint density at radius 3 is 2.81 bits per heavy atom. The molecule has 7 heteroatoms. The summed E-state index contributed by atoms with van der Waals surface area (Å²) in [5.74, 6) is 1.08. The summed E-state index contributed by atoms with van der Waals surface area (Å²) in [6, 6.07) is 10.5. The van der Waals surface area contributed by atoms with Crippen molar-refractivity contribution in [1.82, 2.24) is 19.6 Å². The van der Waals surface area contributed by atoms with Gasteiger partial charge in [0, 0.05) is 37.1 Å². The molecule has 2 atom stereocenters. The van der Waals surface area contributed by atoms with Gasteiger partial charge in [-0.3, -0.25) is 4.79 Å². The van der Waals surface area contributed by atoms with Crippen molar-refractivity contribution in [2.45, 2.75) is 58.9 Å². The number of amides is 1. The maximum absolute atomic E-state index is 12.9. The molecule has 1 aromatic heterocycles. The van der Waals surface area contributed by atoms with Crippen LogP contribution < -0.4 is 10.2 Å². The van der Waals surface area contributed by atoms with Gasteiger partial charge in [-0.2, -0.15) is 4.37 Å². The number of nitrogens with one attached hydrogen (secondary N) is 1. The Bertz CT molecular complexity index is 792. The fourth-order valence-electron chi connectivity index (χ4n) is 4.18. The Balaban J connectivity index is 1.47. The van der Waals surface area contributed by atoms with E-state index < -0.39 is 0 Å². The van der Waals surface area contributed by atoms with E-state index >= 15 is 0 Å². The molecule has 1 saturated heterocycles. The second-order valence-corrected chi connectivity index (χ2v) is 9.25. The van der Waals surface area contributed by atoms with Gasteiger partial charge < -0.3 is 15.1 Å². The Hall–Kier alpha value is -1.99. The molecule has 1 fully saturated rings. The van der Waals surface area contributed by atoms with Gasteiger partial charge in [0.25, 0.3) is 0 Å². The molecule has 1 amide bonds. The molecule has 2 aromatic rings. The van der Waals surface area contributed by atoms with Gasteiger partial charge in [0.15, 0.2) is 0 Å². The Kier molecular flexibility index (Phi) is 9.28. The highest BCUT2D eigenvalue weighted by atomic mass is 32.1. The van der Waals surface area contributed by atoms with E-state index in [0.29, 0.717) is 0 Å². The lowest BCUT2D eigenvalue weighted by Gasteiger charge is -2.32. The normalized spacial score (nSPS) is 17.7. The molecule has 2 unspecified atom stereocenters. The second kappa shape index (κ2) is 12.2. The monoisotopic (exact) mass is 443 g/mol. The minimum atomic E-state index is 0.0282. The average Bonchev–Trinajstić information content (AvgIpc) is 3.26. The van der Waals surface area contributed by atoms with Gasteiger partial charge in [-0.15, -0.1) is 0 Å². The fraction of sp³-hybridized carbons (Fsp3) is 0.625. The summed E-state index contributed by atoms with van der Waals surface area (Å²) in [5, 5.41) is 4.19. The van der Waals surface area contributed by atoms with Crippen molar-refractivity contribution < 1.29 is 4.79 Å². The Morgan fingerprint density at radius 1 is 1.29 bits per heavy atom. The van der Waals surface area contributed by atoms with E-state index in [4.69, 9.17) is 4.98 Å². The van der Waals surface area contributed by atoms with E-state index in [2.05, 4.69) is 52.4 Å².